The first-order chi connectivity index (χ1) is 6.50. The molecule has 0 saturated carbocycles. The third-order valence-corrected chi connectivity index (χ3v) is 3.01. The van der Waals surface area contributed by atoms with Crippen molar-refractivity contribution in [3.8, 4) is 0 Å². The fourth-order valence-corrected chi connectivity index (χ4v) is 1.48. The molecule has 1 atom stereocenters. The summed E-state index contributed by atoms with van der Waals surface area (Å²) in [6, 6.07) is 3.94. The maximum atomic E-state index is 12.1. The van der Waals surface area contributed by atoms with Crippen molar-refractivity contribution in [2.24, 2.45) is 5.73 Å². The first-order valence-electron chi connectivity index (χ1n) is 3.98. The summed E-state index contributed by atoms with van der Waals surface area (Å²) in [7, 11) is 0. The van der Waals surface area contributed by atoms with Crippen molar-refractivity contribution in [1.82, 2.24) is 0 Å². The minimum atomic E-state index is -2.50. The van der Waals surface area contributed by atoms with Crippen molar-refractivity contribution in [3.63, 3.8) is 0 Å². The number of hydrogen-bond donors (Lipinski definition) is 1. The number of alkyl halides is 2. The van der Waals surface area contributed by atoms with E-state index in [1.165, 1.54) is 0 Å². The second-order valence-electron chi connectivity index (χ2n) is 2.95. The fraction of sp³-hybridized carbons (Fsp3) is 0.333. The van der Waals surface area contributed by atoms with Gasteiger partial charge in [-0.1, -0.05) is 17.7 Å². The van der Waals surface area contributed by atoms with Gasteiger partial charge in [0, 0.05) is 4.47 Å². The van der Waals surface area contributed by atoms with E-state index in [1.54, 1.807) is 18.2 Å². The van der Waals surface area contributed by atoms with E-state index >= 15 is 0 Å². The first-order valence-corrected chi connectivity index (χ1v) is 5.15. The molecule has 0 amide bonds. The van der Waals surface area contributed by atoms with Gasteiger partial charge >= 0.3 is 0 Å². The highest BCUT2D eigenvalue weighted by Gasteiger charge is 2.15. The van der Waals surface area contributed by atoms with E-state index < -0.39 is 12.5 Å². The molecule has 0 spiro atoms. The van der Waals surface area contributed by atoms with Gasteiger partial charge in [-0.15, -0.1) is 0 Å². The molecule has 1 aromatic rings. The quantitative estimate of drug-likeness (QED) is 0.906. The molecule has 14 heavy (non-hydrogen) atoms. The predicted molar refractivity (Wildman–Crippen MR) is 56.8 cm³/mol. The Morgan fingerprint density at radius 1 is 1.43 bits per heavy atom. The van der Waals surface area contributed by atoms with Gasteiger partial charge < -0.3 is 5.73 Å². The number of halogens is 4. The highest BCUT2D eigenvalue weighted by molar-refractivity contribution is 9.10. The van der Waals surface area contributed by atoms with Crippen LogP contribution in [0.25, 0.3) is 0 Å². The van der Waals surface area contributed by atoms with Crippen LogP contribution in [0.15, 0.2) is 22.7 Å². The SMILES string of the molecule is NC(Cc1ccc(Br)c(Cl)c1)C(F)F. The summed E-state index contributed by atoms with van der Waals surface area (Å²) in [6.45, 7) is 0. The van der Waals surface area contributed by atoms with Crippen LogP contribution in [0.2, 0.25) is 5.02 Å². The maximum absolute atomic E-state index is 12.1. The van der Waals surface area contributed by atoms with Crippen molar-refractivity contribution >= 4 is 27.5 Å². The zero-order valence-corrected chi connectivity index (χ0v) is 9.52. The Hall–Kier alpha value is -0.190. The molecule has 0 radical (unpaired) electrons. The van der Waals surface area contributed by atoms with Crippen molar-refractivity contribution in [1.29, 1.82) is 0 Å². The lowest BCUT2D eigenvalue weighted by Crippen LogP contribution is -2.30. The van der Waals surface area contributed by atoms with Crippen molar-refractivity contribution < 1.29 is 8.78 Å². The highest BCUT2D eigenvalue weighted by atomic mass is 79.9. The molecule has 1 aromatic carbocycles. The van der Waals surface area contributed by atoms with Crippen molar-refractivity contribution in [2.75, 3.05) is 0 Å². The first kappa shape index (κ1) is 11.9. The van der Waals surface area contributed by atoms with Crippen molar-refractivity contribution in [3.05, 3.63) is 33.3 Å². The van der Waals surface area contributed by atoms with E-state index in [0.29, 0.717) is 10.6 Å². The average Bonchev–Trinajstić information content (AvgIpc) is 2.11. The van der Waals surface area contributed by atoms with Crippen LogP contribution in [0.4, 0.5) is 8.78 Å². The Morgan fingerprint density at radius 3 is 2.57 bits per heavy atom. The van der Waals surface area contributed by atoms with Crippen LogP contribution in [0.1, 0.15) is 5.56 Å². The molecule has 0 fully saturated rings. The molecule has 78 valence electrons. The second kappa shape index (κ2) is 5.05. The molecule has 0 aromatic heterocycles. The molecule has 1 unspecified atom stereocenters. The van der Waals surface area contributed by atoms with Gasteiger partial charge in [0.15, 0.2) is 0 Å². The topological polar surface area (TPSA) is 26.0 Å². The van der Waals surface area contributed by atoms with Crippen LogP contribution in [0.3, 0.4) is 0 Å². The lowest BCUT2D eigenvalue weighted by Gasteiger charge is -2.10. The van der Waals surface area contributed by atoms with Gasteiger partial charge in [-0.05, 0) is 40.0 Å². The lowest BCUT2D eigenvalue weighted by molar-refractivity contribution is 0.116. The third-order valence-electron chi connectivity index (χ3n) is 1.78. The number of rotatable bonds is 3. The van der Waals surface area contributed by atoms with Gasteiger partial charge in [0.05, 0.1) is 11.1 Å². The molecule has 5 heteroatoms. The second-order valence-corrected chi connectivity index (χ2v) is 4.21. The zero-order valence-electron chi connectivity index (χ0n) is 7.18. The monoisotopic (exact) mass is 283 g/mol. The smallest absolute Gasteiger partial charge is 0.253 e. The Balaban J connectivity index is 2.73. The molecule has 0 aliphatic rings. The summed E-state index contributed by atoms with van der Waals surface area (Å²) in [5.41, 5.74) is 5.95. The van der Waals surface area contributed by atoms with E-state index in [1.807, 2.05) is 0 Å². The van der Waals surface area contributed by atoms with Crippen LogP contribution in [-0.2, 0) is 6.42 Å². The standard InChI is InChI=1S/C9H9BrClF2N/c10-6-2-1-5(3-7(6)11)4-8(14)9(12)13/h1-3,8-9H,4,14H2. The molecule has 1 nitrogen and oxygen atoms in total. The van der Waals surface area contributed by atoms with Gasteiger partial charge in [-0.3, -0.25) is 0 Å². The summed E-state index contributed by atoms with van der Waals surface area (Å²) in [4.78, 5) is 0. The van der Waals surface area contributed by atoms with E-state index in [-0.39, 0.29) is 6.42 Å². The van der Waals surface area contributed by atoms with E-state index in [2.05, 4.69) is 15.9 Å². The molecule has 2 N–H and O–H groups in total. The van der Waals surface area contributed by atoms with Crippen LogP contribution < -0.4 is 5.73 Å². The normalized spacial score (nSPS) is 13.3. The molecule has 0 saturated heterocycles. The van der Waals surface area contributed by atoms with E-state index in [0.717, 1.165) is 4.47 Å². The van der Waals surface area contributed by atoms with E-state index in [9.17, 15) is 8.78 Å². The average molecular weight is 285 g/mol. The fourth-order valence-electron chi connectivity index (χ4n) is 1.03. The maximum Gasteiger partial charge on any atom is 0.253 e. The summed E-state index contributed by atoms with van der Waals surface area (Å²) in [6.07, 6.45) is -2.37. The number of benzene rings is 1. The summed E-state index contributed by atoms with van der Waals surface area (Å²) in [5.74, 6) is 0. The largest absolute Gasteiger partial charge is 0.323 e. The molecular weight excluding hydrogens is 275 g/mol. The molecule has 0 aliphatic heterocycles. The van der Waals surface area contributed by atoms with Gasteiger partial charge in [0.1, 0.15) is 0 Å². The van der Waals surface area contributed by atoms with Gasteiger partial charge in [0.25, 0.3) is 6.43 Å². The molecule has 0 aliphatic carbocycles. The predicted octanol–water partition coefficient (Wildman–Crippen LogP) is 3.24. The Morgan fingerprint density at radius 2 is 2.07 bits per heavy atom. The van der Waals surface area contributed by atoms with Gasteiger partial charge in [-0.25, -0.2) is 8.78 Å². The molecule has 0 heterocycles. The zero-order chi connectivity index (χ0) is 10.7. The van der Waals surface area contributed by atoms with Gasteiger partial charge in [-0.2, -0.15) is 0 Å². The third kappa shape index (κ3) is 3.19. The number of nitrogens with two attached hydrogens (primary N) is 1. The molecular formula is C9H9BrClF2N. The summed E-state index contributed by atoms with van der Waals surface area (Å²) < 4.78 is 25.0. The molecule has 1 rings (SSSR count). The van der Waals surface area contributed by atoms with Crippen LogP contribution in [-0.4, -0.2) is 12.5 Å². The Kier molecular flexibility index (Phi) is 4.29. The van der Waals surface area contributed by atoms with Gasteiger partial charge in [0.2, 0.25) is 0 Å². The number of hydrogen-bond acceptors (Lipinski definition) is 1. The summed E-state index contributed by atoms with van der Waals surface area (Å²) in [5, 5.41) is 0.504. The molecule has 0 bridgehead atoms. The lowest BCUT2D eigenvalue weighted by atomic mass is 10.1. The Bertz CT molecular complexity index is 320. The minimum absolute atomic E-state index is 0.130. The minimum Gasteiger partial charge on any atom is -0.323 e. The van der Waals surface area contributed by atoms with E-state index in [4.69, 9.17) is 17.3 Å². The Labute approximate surface area is 94.4 Å². The van der Waals surface area contributed by atoms with Crippen LogP contribution in [0.5, 0.6) is 0 Å². The van der Waals surface area contributed by atoms with Crippen LogP contribution >= 0.6 is 27.5 Å². The highest BCUT2D eigenvalue weighted by Crippen LogP contribution is 2.23. The van der Waals surface area contributed by atoms with Crippen LogP contribution in [0, 0.1) is 0 Å². The summed E-state index contributed by atoms with van der Waals surface area (Å²) >= 11 is 9.01. The van der Waals surface area contributed by atoms with Crippen molar-refractivity contribution in [2.45, 2.75) is 18.9 Å².